The summed E-state index contributed by atoms with van der Waals surface area (Å²) in [6.07, 6.45) is 4.98. The maximum Gasteiger partial charge on any atom is 0.227 e. The molecule has 0 N–H and O–H groups in total. The predicted molar refractivity (Wildman–Crippen MR) is 77.1 cm³/mol. The molecule has 1 amide bonds. The quantitative estimate of drug-likeness (QED) is 0.829. The number of rotatable bonds is 3. The Kier molecular flexibility index (Phi) is 3.28. The van der Waals surface area contributed by atoms with E-state index in [0.717, 1.165) is 38.0 Å². The van der Waals surface area contributed by atoms with E-state index in [1.807, 2.05) is 11.0 Å². The van der Waals surface area contributed by atoms with Crippen molar-refractivity contribution in [3.63, 3.8) is 0 Å². The third-order valence-corrected chi connectivity index (χ3v) is 4.01. The molecule has 1 aliphatic heterocycles. The van der Waals surface area contributed by atoms with E-state index in [2.05, 4.69) is 35.9 Å². The second-order valence-corrected chi connectivity index (χ2v) is 5.22. The minimum Gasteiger partial charge on any atom is -0.347 e. The Morgan fingerprint density at radius 1 is 1.21 bits per heavy atom. The Morgan fingerprint density at radius 3 is 2.68 bits per heavy atom. The number of para-hydroxylation sites is 1. The van der Waals surface area contributed by atoms with Gasteiger partial charge in [-0.1, -0.05) is 18.2 Å². The van der Waals surface area contributed by atoms with Crippen LogP contribution in [0.1, 0.15) is 25.3 Å². The van der Waals surface area contributed by atoms with Crippen molar-refractivity contribution < 1.29 is 4.79 Å². The van der Waals surface area contributed by atoms with Crippen LogP contribution in [0, 0.1) is 0 Å². The van der Waals surface area contributed by atoms with Gasteiger partial charge >= 0.3 is 0 Å². The first-order chi connectivity index (χ1) is 9.29. The lowest BCUT2D eigenvalue weighted by atomic mass is 10.1. The van der Waals surface area contributed by atoms with E-state index in [4.69, 9.17) is 0 Å². The number of hydrogen-bond acceptors (Lipinski definition) is 1. The van der Waals surface area contributed by atoms with Gasteiger partial charge in [-0.2, -0.15) is 0 Å². The fourth-order valence-corrected chi connectivity index (χ4v) is 2.97. The predicted octanol–water partition coefficient (Wildman–Crippen LogP) is 2.83. The van der Waals surface area contributed by atoms with E-state index >= 15 is 0 Å². The van der Waals surface area contributed by atoms with Crippen LogP contribution in [-0.4, -0.2) is 28.5 Å². The Bertz CT molecular complexity index is 594. The zero-order valence-electron chi connectivity index (χ0n) is 11.4. The topological polar surface area (TPSA) is 25.2 Å². The van der Waals surface area contributed by atoms with E-state index in [9.17, 15) is 4.79 Å². The molecular formula is C16H20N2O. The summed E-state index contributed by atoms with van der Waals surface area (Å²) in [6.45, 7) is 4.95. The molecule has 0 radical (unpaired) electrons. The van der Waals surface area contributed by atoms with Crippen LogP contribution in [-0.2, 0) is 17.8 Å². The van der Waals surface area contributed by atoms with Gasteiger partial charge in [-0.15, -0.1) is 0 Å². The SMILES string of the molecule is CCn1cc(CC(=O)N2CCCC2)c2ccccc21. The van der Waals surface area contributed by atoms with E-state index < -0.39 is 0 Å². The Morgan fingerprint density at radius 2 is 1.95 bits per heavy atom. The monoisotopic (exact) mass is 256 g/mol. The zero-order chi connectivity index (χ0) is 13.2. The van der Waals surface area contributed by atoms with Gasteiger partial charge in [0.05, 0.1) is 6.42 Å². The molecule has 0 unspecified atom stereocenters. The summed E-state index contributed by atoms with van der Waals surface area (Å²) < 4.78 is 2.22. The highest BCUT2D eigenvalue weighted by Gasteiger charge is 2.19. The van der Waals surface area contributed by atoms with Crippen LogP contribution in [0.3, 0.4) is 0 Å². The van der Waals surface area contributed by atoms with Crippen molar-refractivity contribution >= 4 is 16.8 Å². The van der Waals surface area contributed by atoms with Gasteiger partial charge in [-0.25, -0.2) is 0 Å². The zero-order valence-corrected chi connectivity index (χ0v) is 11.4. The van der Waals surface area contributed by atoms with Crippen molar-refractivity contribution in [3.05, 3.63) is 36.0 Å². The molecule has 0 atom stereocenters. The normalized spacial score (nSPS) is 15.3. The minimum atomic E-state index is 0.275. The number of carbonyl (C=O) groups is 1. The van der Waals surface area contributed by atoms with Gasteiger partial charge < -0.3 is 9.47 Å². The summed E-state index contributed by atoms with van der Waals surface area (Å²) >= 11 is 0. The van der Waals surface area contributed by atoms with E-state index in [-0.39, 0.29) is 5.91 Å². The highest BCUT2D eigenvalue weighted by atomic mass is 16.2. The second-order valence-electron chi connectivity index (χ2n) is 5.22. The van der Waals surface area contributed by atoms with Gasteiger partial charge in [0.2, 0.25) is 5.91 Å². The highest BCUT2D eigenvalue weighted by Crippen LogP contribution is 2.22. The summed E-state index contributed by atoms with van der Waals surface area (Å²) in [5.41, 5.74) is 2.39. The summed E-state index contributed by atoms with van der Waals surface area (Å²) in [4.78, 5) is 14.3. The third-order valence-electron chi connectivity index (χ3n) is 4.01. The molecule has 100 valence electrons. The van der Waals surface area contributed by atoms with Crippen LogP contribution >= 0.6 is 0 Å². The molecule has 1 saturated heterocycles. The number of carbonyl (C=O) groups excluding carboxylic acids is 1. The molecule has 1 fully saturated rings. The van der Waals surface area contributed by atoms with Crippen molar-refractivity contribution in [2.24, 2.45) is 0 Å². The maximum atomic E-state index is 12.3. The number of aromatic nitrogens is 1. The number of fused-ring (bicyclic) bond motifs is 1. The summed E-state index contributed by atoms with van der Waals surface area (Å²) in [5.74, 6) is 0.275. The Hall–Kier alpha value is -1.77. The van der Waals surface area contributed by atoms with Gasteiger partial charge in [-0.05, 0) is 31.4 Å². The molecule has 0 bridgehead atoms. The fourth-order valence-electron chi connectivity index (χ4n) is 2.97. The maximum absolute atomic E-state index is 12.3. The van der Waals surface area contributed by atoms with E-state index in [1.165, 1.54) is 10.9 Å². The number of benzene rings is 1. The molecule has 0 spiro atoms. The number of aryl methyl sites for hydroxylation is 1. The minimum absolute atomic E-state index is 0.275. The summed E-state index contributed by atoms with van der Waals surface area (Å²) in [6, 6.07) is 8.35. The number of hydrogen-bond donors (Lipinski definition) is 0. The number of likely N-dealkylation sites (tertiary alicyclic amines) is 1. The average molecular weight is 256 g/mol. The lowest BCUT2D eigenvalue weighted by molar-refractivity contribution is -0.129. The molecule has 19 heavy (non-hydrogen) atoms. The summed E-state index contributed by atoms with van der Waals surface area (Å²) in [7, 11) is 0. The number of nitrogens with zero attached hydrogens (tertiary/aromatic N) is 2. The molecule has 1 aromatic carbocycles. The van der Waals surface area contributed by atoms with Crippen LogP contribution < -0.4 is 0 Å². The third kappa shape index (κ3) is 2.25. The molecule has 2 aromatic rings. The standard InChI is InChI=1S/C16H20N2O/c1-2-17-12-13(14-7-3-4-8-15(14)17)11-16(19)18-9-5-6-10-18/h3-4,7-8,12H,2,5-6,9-11H2,1H3. The van der Waals surface area contributed by atoms with Crippen molar-refractivity contribution in [1.29, 1.82) is 0 Å². The first-order valence-corrected chi connectivity index (χ1v) is 7.14. The second kappa shape index (κ2) is 5.08. The summed E-state index contributed by atoms with van der Waals surface area (Å²) in [5, 5.41) is 1.22. The first kappa shape index (κ1) is 12.3. The molecule has 3 heteroatoms. The largest absolute Gasteiger partial charge is 0.347 e. The molecule has 3 nitrogen and oxygen atoms in total. The van der Waals surface area contributed by atoms with Crippen molar-refractivity contribution in [2.45, 2.75) is 32.7 Å². The average Bonchev–Trinajstić information content (AvgIpc) is 3.07. The lowest BCUT2D eigenvalue weighted by Gasteiger charge is -2.14. The van der Waals surface area contributed by atoms with Crippen LogP contribution in [0.2, 0.25) is 0 Å². The van der Waals surface area contributed by atoms with Gasteiger partial charge in [0.1, 0.15) is 0 Å². The van der Waals surface area contributed by atoms with Crippen LogP contribution in [0.5, 0.6) is 0 Å². The van der Waals surface area contributed by atoms with E-state index in [0.29, 0.717) is 6.42 Å². The molecular weight excluding hydrogens is 236 g/mol. The van der Waals surface area contributed by atoms with Crippen molar-refractivity contribution in [2.75, 3.05) is 13.1 Å². The molecule has 0 saturated carbocycles. The lowest BCUT2D eigenvalue weighted by Crippen LogP contribution is -2.28. The Labute approximate surface area is 113 Å². The number of amides is 1. The molecule has 0 aliphatic carbocycles. The highest BCUT2D eigenvalue weighted by molar-refractivity contribution is 5.89. The van der Waals surface area contributed by atoms with E-state index in [1.54, 1.807) is 0 Å². The van der Waals surface area contributed by atoms with Gasteiger partial charge in [-0.3, -0.25) is 4.79 Å². The van der Waals surface area contributed by atoms with Crippen molar-refractivity contribution in [1.82, 2.24) is 9.47 Å². The smallest absolute Gasteiger partial charge is 0.227 e. The van der Waals surface area contributed by atoms with Crippen LogP contribution in [0.15, 0.2) is 30.5 Å². The van der Waals surface area contributed by atoms with Crippen molar-refractivity contribution in [3.8, 4) is 0 Å². The van der Waals surface area contributed by atoms with Gasteiger partial charge in [0.15, 0.2) is 0 Å². The molecule has 2 heterocycles. The van der Waals surface area contributed by atoms with Crippen LogP contribution in [0.4, 0.5) is 0 Å². The molecule has 1 aliphatic rings. The fraction of sp³-hybridized carbons (Fsp3) is 0.438. The van der Waals surface area contributed by atoms with Crippen LogP contribution in [0.25, 0.3) is 10.9 Å². The van der Waals surface area contributed by atoms with Gasteiger partial charge in [0, 0.05) is 36.7 Å². The first-order valence-electron chi connectivity index (χ1n) is 7.14. The van der Waals surface area contributed by atoms with Gasteiger partial charge in [0.25, 0.3) is 0 Å². The Balaban J connectivity index is 1.90. The molecule has 3 rings (SSSR count). The molecule has 1 aromatic heterocycles.